The molecule has 0 aliphatic carbocycles. The third-order valence-electron chi connectivity index (χ3n) is 4.83. The third-order valence-corrected chi connectivity index (χ3v) is 4.83. The van der Waals surface area contributed by atoms with Gasteiger partial charge in [-0.05, 0) is 66.1 Å². The van der Waals surface area contributed by atoms with Crippen LogP contribution in [0.3, 0.4) is 0 Å². The van der Waals surface area contributed by atoms with Crippen molar-refractivity contribution in [1.29, 1.82) is 0 Å². The number of nitrogens with zero attached hydrogens (tertiary/aromatic N) is 5. The number of allylic oxidation sites excluding steroid dienone is 1. The van der Waals surface area contributed by atoms with E-state index in [1.165, 1.54) is 0 Å². The highest BCUT2D eigenvalue weighted by molar-refractivity contribution is 6.06. The number of aryl methyl sites for hydroxylation is 1. The number of pyridine rings is 1. The van der Waals surface area contributed by atoms with Crippen LogP contribution in [-0.4, -0.2) is 31.1 Å². The Bertz CT molecular complexity index is 1040. The Kier molecular flexibility index (Phi) is 4.15. The number of hydrogen-bond acceptors (Lipinski definition) is 6. The standard InChI is InChI=1S/C19H19N7O/c1-11-5-4-6-15(12(11)2)22-18(27)16-13(3)21-19-23-24-25-26(19)17(16)14-7-9-20-10-8-14/h4-10,17H,1-3H3,(H,22,27)(H,21,23,25). The van der Waals surface area contributed by atoms with Gasteiger partial charge in [0.1, 0.15) is 6.04 Å². The molecule has 3 heterocycles. The maximum atomic E-state index is 13.3. The Morgan fingerprint density at radius 1 is 1.15 bits per heavy atom. The van der Waals surface area contributed by atoms with E-state index in [4.69, 9.17) is 0 Å². The van der Waals surface area contributed by atoms with E-state index in [2.05, 4.69) is 31.1 Å². The number of anilines is 2. The lowest BCUT2D eigenvalue weighted by molar-refractivity contribution is -0.113. The number of carbonyl (C=O) groups excluding carboxylic acids is 1. The number of aromatic nitrogens is 5. The zero-order valence-corrected chi connectivity index (χ0v) is 15.3. The second-order valence-electron chi connectivity index (χ2n) is 6.50. The third kappa shape index (κ3) is 2.95. The number of hydrogen-bond donors (Lipinski definition) is 2. The number of tetrazole rings is 1. The van der Waals surface area contributed by atoms with Gasteiger partial charge in [0.15, 0.2) is 0 Å². The van der Waals surface area contributed by atoms with Crippen LogP contribution in [0.25, 0.3) is 0 Å². The lowest BCUT2D eigenvalue weighted by atomic mass is 9.95. The number of benzene rings is 1. The molecule has 0 bridgehead atoms. The number of rotatable bonds is 3. The van der Waals surface area contributed by atoms with Crippen LogP contribution in [0.15, 0.2) is 54.0 Å². The minimum absolute atomic E-state index is 0.198. The largest absolute Gasteiger partial charge is 0.326 e. The van der Waals surface area contributed by atoms with Gasteiger partial charge in [-0.2, -0.15) is 4.68 Å². The first-order chi connectivity index (χ1) is 13.1. The van der Waals surface area contributed by atoms with Crippen molar-refractivity contribution >= 4 is 17.5 Å². The van der Waals surface area contributed by atoms with Crippen LogP contribution in [-0.2, 0) is 4.79 Å². The molecule has 1 amide bonds. The SMILES string of the molecule is CC1=C(C(=O)Nc2cccc(C)c2C)C(c2ccncc2)n2nnnc2N1. The van der Waals surface area contributed by atoms with Crippen LogP contribution < -0.4 is 10.6 Å². The van der Waals surface area contributed by atoms with Gasteiger partial charge < -0.3 is 10.6 Å². The van der Waals surface area contributed by atoms with E-state index in [-0.39, 0.29) is 5.91 Å². The monoisotopic (exact) mass is 361 g/mol. The Labute approximate surface area is 156 Å². The summed E-state index contributed by atoms with van der Waals surface area (Å²) in [5, 5.41) is 18.0. The van der Waals surface area contributed by atoms with E-state index in [1.807, 2.05) is 51.1 Å². The van der Waals surface area contributed by atoms with Crippen molar-refractivity contribution in [3.63, 3.8) is 0 Å². The summed E-state index contributed by atoms with van der Waals surface area (Å²) in [6.07, 6.45) is 3.38. The fourth-order valence-corrected chi connectivity index (χ4v) is 3.24. The van der Waals surface area contributed by atoms with Gasteiger partial charge in [-0.15, -0.1) is 0 Å². The van der Waals surface area contributed by atoms with Crippen molar-refractivity contribution < 1.29 is 4.79 Å². The number of nitrogens with one attached hydrogen (secondary N) is 2. The molecule has 0 spiro atoms. The normalized spacial score (nSPS) is 15.9. The molecule has 0 saturated carbocycles. The first-order valence-electron chi connectivity index (χ1n) is 8.59. The highest BCUT2D eigenvalue weighted by Crippen LogP contribution is 2.34. The van der Waals surface area contributed by atoms with E-state index >= 15 is 0 Å². The number of amides is 1. The van der Waals surface area contributed by atoms with Crippen LogP contribution in [0.2, 0.25) is 0 Å². The van der Waals surface area contributed by atoms with Crippen LogP contribution >= 0.6 is 0 Å². The molecule has 0 saturated heterocycles. The second kappa shape index (κ2) is 6.64. The summed E-state index contributed by atoms with van der Waals surface area (Å²) in [5.74, 6) is 0.300. The lowest BCUT2D eigenvalue weighted by Crippen LogP contribution is -2.31. The molecule has 3 aromatic rings. The van der Waals surface area contributed by atoms with Crippen molar-refractivity contribution in [1.82, 2.24) is 25.2 Å². The second-order valence-corrected chi connectivity index (χ2v) is 6.50. The summed E-state index contributed by atoms with van der Waals surface area (Å²) in [5.41, 5.74) is 5.09. The highest BCUT2D eigenvalue weighted by atomic mass is 16.1. The van der Waals surface area contributed by atoms with E-state index < -0.39 is 6.04 Å². The quantitative estimate of drug-likeness (QED) is 0.744. The zero-order valence-electron chi connectivity index (χ0n) is 15.3. The van der Waals surface area contributed by atoms with Crippen LogP contribution in [0.4, 0.5) is 11.6 Å². The summed E-state index contributed by atoms with van der Waals surface area (Å²) in [4.78, 5) is 17.3. The average molecular weight is 361 g/mol. The van der Waals surface area contributed by atoms with Crippen molar-refractivity contribution in [3.05, 3.63) is 70.7 Å². The first kappa shape index (κ1) is 16.9. The summed E-state index contributed by atoms with van der Waals surface area (Å²) < 4.78 is 1.61. The Hall–Kier alpha value is -3.55. The fourth-order valence-electron chi connectivity index (χ4n) is 3.24. The van der Waals surface area contributed by atoms with Gasteiger partial charge in [0.25, 0.3) is 5.91 Å². The van der Waals surface area contributed by atoms with Crippen molar-refractivity contribution in [3.8, 4) is 0 Å². The molecule has 0 radical (unpaired) electrons. The molecule has 0 fully saturated rings. The molecule has 1 unspecified atom stereocenters. The van der Waals surface area contributed by atoms with Crippen molar-refractivity contribution in [2.75, 3.05) is 10.6 Å². The smallest absolute Gasteiger partial charge is 0.255 e. The lowest BCUT2D eigenvalue weighted by Gasteiger charge is -2.28. The molecule has 2 N–H and O–H groups in total. The topological polar surface area (TPSA) is 97.6 Å². The van der Waals surface area contributed by atoms with Crippen molar-refractivity contribution in [2.45, 2.75) is 26.8 Å². The molecule has 8 heteroatoms. The van der Waals surface area contributed by atoms with Gasteiger partial charge in [-0.1, -0.05) is 17.2 Å². The molecule has 1 aliphatic rings. The fraction of sp³-hybridized carbons (Fsp3) is 0.211. The molecular formula is C19H19N7O. The Morgan fingerprint density at radius 2 is 1.93 bits per heavy atom. The molecule has 1 aromatic carbocycles. The maximum Gasteiger partial charge on any atom is 0.255 e. The van der Waals surface area contributed by atoms with E-state index in [9.17, 15) is 4.79 Å². The van der Waals surface area contributed by atoms with Crippen molar-refractivity contribution in [2.24, 2.45) is 0 Å². The Balaban J connectivity index is 1.77. The maximum absolute atomic E-state index is 13.3. The summed E-state index contributed by atoms with van der Waals surface area (Å²) in [6.45, 7) is 5.86. The molecule has 27 heavy (non-hydrogen) atoms. The van der Waals surface area contributed by atoms with E-state index in [0.717, 1.165) is 22.4 Å². The van der Waals surface area contributed by atoms with Crippen LogP contribution in [0.5, 0.6) is 0 Å². The molecule has 1 aliphatic heterocycles. The van der Waals surface area contributed by atoms with Gasteiger partial charge in [0.05, 0.1) is 5.57 Å². The summed E-state index contributed by atoms with van der Waals surface area (Å²) in [6, 6.07) is 9.13. The molecule has 8 nitrogen and oxygen atoms in total. The number of carbonyl (C=O) groups is 1. The zero-order chi connectivity index (χ0) is 19.0. The van der Waals surface area contributed by atoms with Gasteiger partial charge in [0.2, 0.25) is 5.95 Å². The van der Waals surface area contributed by atoms with E-state index in [1.54, 1.807) is 17.1 Å². The first-order valence-corrected chi connectivity index (χ1v) is 8.59. The predicted octanol–water partition coefficient (Wildman–Crippen LogP) is 2.61. The van der Waals surface area contributed by atoms with Gasteiger partial charge in [0, 0.05) is 23.8 Å². The minimum Gasteiger partial charge on any atom is -0.326 e. The highest BCUT2D eigenvalue weighted by Gasteiger charge is 2.34. The minimum atomic E-state index is -0.440. The van der Waals surface area contributed by atoms with Gasteiger partial charge in [-0.25, -0.2) is 0 Å². The van der Waals surface area contributed by atoms with Crippen LogP contribution in [0, 0.1) is 13.8 Å². The summed E-state index contributed by atoms with van der Waals surface area (Å²) in [7, 11) is 0. The average Bonchev–Trinajstić information content (AvgIpc) is 3.13. The van der Waals surface area contributed by atoms with E-state index in [0.29, 0.717) is 17.2 Å². The molecule has 4 rings (SSSR count). The van der Waals surface area contributed by atoms with Gasteiger partial charge in [-0.3, -0.25) is 9.78 Å². The molecule has 2 aromatic heterocycles. The summed E-state index contributed by atoms with van der Waals surface area (Å²) >= 11 is 0. The molecule has 1 atom stereocenters. The predicted molar refractivity (Wildman–Crippen MR) is 101 cm³/mol. The molecule has 136 valence electrons. The Morgan fingerprint density at radius 3 is 2.70 bits per heavy atom. The molecular weight excluding hydrogens is 342 g/mol. The number of fused-ring (bicyclic) bond motifs is 1. The van der Waals surface area contributed by atoms with Crippen LogP contribution in [0.1, 0.15) is 29.7 Å². The van der Waals surface area contributed by atoms with Gasteiger partial charge >= 0.3 is 0 Å².